The van der Waals surface area contributed by atoms with Gasteiger partial charge < -0.3 is 10.2 Å². The van der Waals surface area contributed by atoms with Gasteiger partial charge in [-0.3, -0.25) is 13.9 Å². The zero-order valence-corrected chi connectivity index (χ0v) is 24.4. The molecule has 0 aliphatic carbocycles. The molecule has 0 aromatic heterocycles. The Morgan fingerprint density at radius 3 is 2.15 bits per heavy atom. The van der Waals surface area contributed by atoms with Gasteiger partial charge in [-0.15, -0.1) is 0 Å². The number of aryl methyl sites for hydroxylation is 1. The number of carbonyl (C=O) groups is 2. The number of carbonyl (C=O) groups excluding carboxylic acids is 2. The van der Waals surface area contributed by atoms with Crippen molar-refractivity contribution in [3.05, 3.63) is 95.0 Å². The molecule has 0 spiro atoms. The fraction of sp³-hybridized carbons (Fsp3) is 0.333. The zero-order chi connectivity index (χ0) is 28.6. The Kier molecular flexibility index (Phi) is 10.5. The maximum atomic E-state index is 13.9. The second-order valence-electron chi connectivity index (χ2n) is 9.57. The van der Waals surface area contributed by atoms with E-state index >= 15 is 0 Å². The summed E-state index contributed by atoms with van der Waals surface area (Å²) in [5, 5.41) is 3.32. The summed E-state index contributed by atoms with van der Waals surface area (Å²) in [6.07, 6.45) is 1.25. The molecule has 1 N–H and O–H groups in total. The molecule has 2 atom stereocenters. The molecule has 3 aromatic carbocycles. The number of sulfonamides is 1. The highest BCUT2D eigenvalue weighted by atomic mass is 35.5. The van der Waals surface area contributed by atoms with E-state index in [1.165, 1.54) is 23.1 Å². The van der Waals surface area contributed by atoms with Crippen molar-refractivity contribution in [2.75, 3.05) is 17.4 Å². The van der Waals surface area contributed by atoms with Crippen LogP contribution in [0.2, 0.25) is 5.02 Å². The highest BCUT2D eigenvalue weighted by molar-refractivity contribution is 7.92. The fourth-order valence-corrected chi connectivity index (χ4v) is 5.62. The van der Waals surface area contributed by atoms with E-state index in [0.717, 1.165) is 21.9 Å². The predicted octanol–water partition coefficient (Wildman–Crippen LogP) is 5.22. The summed E-state index contributed by atoms with van der Waals surface area (Å²) in [5.41, 5.74) is 2.05. The third kappa shape index (κ3) is 7.83. The van der Waals surface area contributed by atoms with E-state index in [0.29, 0.717) is 11.4 Å². The molecule has 0 saturated carbocycles. The summed E-state index contributed by atoms with van der Waals surface area (Å²) in [5.74, 6) is -0.782. The summed E-state index contributed by atoms with van der Waals surface area (Å²) in [4.78, 5) is 28.5. The monoisotopic (exact) mass is 569 g/mol. The highest BCUT2D eigenvalue weighted by Crippen LogP contribution is 2.28. The SMILES string of the molecule is CCC(C)NC(=O)C(C)N(CCc1ccccc1)C(=O)CN(c1ccc(C)c(Cl)c1)S(=O)(=O)c1ccccc1. The first-order valence-electron chi connectivity index (χ1n) is 13.0. The van der Waals surface area contributed by atoms with Crippen molar-refractivity contribution in [2.45, 2.75) is 57.5 Å². The molecule has 7 nitrogen and oxygen atoms in total. The maximum absolute atomic E-state index is 13.9. The lowest BCUT2D eigenvalue weighted by atomic mass is 10.1. The minimum Gasteiger partial charge on any atom is -0.352 e. The van der Waals surface area contributed by atoms with Gasteiger partial charge in [-0.2, -0.15) is 0 Å². The van der Waals surface area contributed by atoms with Gasteiger partial charge in [0.1, 0.15) is 12.6 Å². The van der Waals surface area contributed by atoms with Crippen molar-refractivity contribution in [1.29, 1.82) is 0 Å². The van der Waals surface area contributed by atoms with E-state index < -0.39 is 28.5 Å². The molecule has 0 aliphatic heterocycles. The second kappa shape index (κ2) is 13.6. The molecule has 0 fully saturated rings. The average molecular weight is 570 g/mol. The number of hydrogen-bond acceptors (Lipinski definition) is 4. The molecule has 9 heteroatoms. The van der Waals surface area contributed by atoms with E-state index in [4.69, 9.17) is 11.6 Å². The first-order valence-corrected chi connectivity index (χ1v) is 14.8. The molecule has 3 aromatic rings. The zero-order valence-electron chi connectivity index (χ0n) is 22.8. The molecule has 0 saturated heterocycles. The Balaban J connectivity index is 1.98. The molecule has 3 rings (SSSR count). The molecule has 2 amide bonds. The average Bonchev–Trinajstić information content (AvgIpc) is 2.94. The number of halogens is 1. The lowest BCUT2D eigenvalue weighted by Gasteiger charge is -2.32. The third-order valence-electron chi connectivity index (χ3n) is 6.71. The number of anilines is 1. The van der Waals surface area contributed by atoms with E-state index in [2.05, 4.69) is 5.32 Å². The number of nitrogens with one attached hydrogen (secondary N) is 1. The van der Waals surface area contributed by atoms with Crippen LogP contribution in [0.25, 0.3) is 0 Å². The predicted molar refractivity (Wildman–Crippen MR) is 156 cm³/mol. The third-order valence-corrected chi connectivity index (χ3v) is 8.90. The lowest BCUT2D eigenvalue weighted by molar-refractivity contribution is -0.139. The van der Waals surface area contributed by atoms with E-state index in [1.807, 2.05) is 51.1 Å². The van der Waals surface area contributed by atoms with Gasteiger partial charge in [-0.25, -0.2) is 8.42 Å². The Hall–Kier alpha value is -3.36. The standard InChI is InChI=1S/C30H36ClN3O4S/c1-5-23(3)32-30(36)24(4)33(19-18-25-12-8-6-9-13-25)29(35)21-34(26-17-16-22(2)28(31)20-26)39(37,38)27-14-10-7-11-15-27/h6-17,20,23-24H,5,18-19,21H2,1-4H3,(H,32,36). The molecule has 208 valence electrons. The van der Waals surface area contributed by atoms with Gasteiger partial charge in [0.2, 0.25) is 11.8 Å². The Bertz CT molecular complexity index is 1370. The first-order chi connectivity index (χ1) is 18.5. The maximum Gasteiger partial charge on any atom is 0.264 e. The lowest BCUT2D eigenvalue weighted by Crippen LogP contribution is -2.53. The number of rotatable bonds is 12. The number of hydrogen-bond donors (Lipinski definition) is 1. The van der Waals surface area contributed by atoms with Gasteiger partial charge in [0.15, 0.2) is 0 Å². The molecule has 0 radical (unpaired) electrons. The molecule has 2 unspecified atom stereocenters. The van der Waals surface area contributed by atoms with Crippen molar-refractivity contribution in [2.24, 2.45) is 0 Å². The normalized spacial score (nSPS) is 12.8. The van der Waals surface area contributed by atoms with Crippen LogP contribution in [0.15, 0.2) is 83.8 Å². The summed E-state index contributed by atoms with van der Waals surface area (Å²) in [7, 11) is -4.12. The highest BCUT2D eigenvalue weighted by Gasteiger charge is 2.32. The van der Waals surface area contributed by atoms with Crippen LogP contribution in [-0.2, 0) is 26.0 Å². The largest absolute Gasteiger partial charge is 0.352 e. The van der Waals surface area contributed by atoms with Crippen LogP contribution in [0, 0.1) is 6.92 Å². The minimum absolute atomic E-state index is 0.0490. The van der Waals surface area contributed by atoms with Gasteiger partial charge in [-0.05, 0) is 69.0 Å². The van der Waals surface area contributed by atoms with Crippen LogP contribution < -0.4 is 9.62 Å². The number of nitrogens with zero attached hydrogens (tertiary/aromatic N) is 2. The van der Waals surface area contributed by atoms with E-state index in [9.17, 15) is 18.0 Å². The number of benzene rings is 3. The van der Waals surface area contributed by atoms with Crippen molar-refractivity contribution in [1.82, 2.24) is 10.2 Å². The smallest absolute Gasteiger partial charge is 0.264 e. The van der Waals surface area contributed by atoms with Crippen molar-refractivity contribution in [3.8, 4) is 0 Å². The molecule has 0 heterocycles. The van der Waals surface area contributed by atoms with Crippen molar-refractivity contribution >= 4 is 39.1 Å². The van der Waals surface area contributed by atoms with Crippen molar-refractivity contribution in [3.63, 3.8) is 0 Å². The second-order valence-corrected chi connectivity index (χ2v) is 11.8. The van der Waals surface area contributed by atoms with Gasteiger partial charge in [-0.1, -0.05) is 73.1 Å². The van der Waals surface area contributed by atoms with Crippen LogP contribution in [0.4, 0.5) is 5.69 Å². The molecule has 0 aliphatic rings. The molecular weight excluding hydrogens is 534 g/mol. The van der Waals surface area contributed by atoms with E-state index in [-0.39, 0.29) is 29.1 Å². The van der Waals surface area contributed by atoms with Gasteiger partial charge in [0.25, 0.3) is 10.0 Å². The Morgan fingerprint density at radius 2 is 1.56 bits per heavy atom. The van der Waals surface area contributed by atoms with Crippen LogP contribution in [-0.4, -0.2) is 50.3 Å². The Labute approximate surface area is 236 Å². The van der Waals surface area contributed by atoms with Gasteiger partial charge in [0, 0.05) is 17.6 Å². The van der Waals surface area contributed by atoms with Crippen LogP contribution >= 0.6 is 11.6 Å². The number of amides is 2. The van der Waals surface area contributed by atoms with Crippen LogP contribution in [0.3, 0.4) is 0 Å². The van der Waals surface area contributed by atoms with Gasteiger partial charge in [0.05, 0.1) is 10.6 Å². The Morgan fingerprint density at radius 1 is 0.949 bits per heavy atom. The summed E-state index contributed by atoms with van der Waals surface area (Å²) < 4.78 is 28.6. The fourth-order valence-electron chi connectivity index (χ4n) is 4.02. The first kappa shape index (κ1) is 30.2. The molecular formula is C30H36ClN3O4S. The summed E-state index contributed by atoms with van der Waals surface area (Å²) in [6, 6.07) is 21.6. The minimum atomic E-state index is -4.12. The summed E-state index contributed by atoms with van der Waals surface area (Å²) >= 11 is 6.36. The summed E-state index contributed by atoms with van der Waals surface area (Å²) in [6.45, 7) is 7.09. The molecule has 0 bridgehead atoms. The van der Waals surface area contributed by atoms with E-state index in [1.54, 1.807) is 37.3 Å². The van der Waals surface area contributed by atoms with Crippen molar-refractivity contribution < 1.29 is 18.0 Å². The topological polar surface area (TPSA) is 86.8 Å². The van der Waals surface area contributed by atoms with Crippen LogP contribution in [0.1, 0.15) is 38.3 Å². The molecule has 39 heavy (non-hydrogen) atoms. The quantitative estimate of drug-likeness (QED) is 0.324. The van der Waals surface area contributed by atoms with Gasteiger partial charge >= 0.3 is 0 Å². The van der Waals surface area contributed by atoms with Crippen LogP contribution in [0.5, 0.6) is 0 Å².